The summed E-state index contributed by atoms with van der Waals surface area (Å²) in [5.41, 5.74) is 0. The van der Waals surface area contributed by atoms with Gasteiger partial charge in [0.15, 0.2) is 0 Å². The van der Waals surface area contributed by atoms with Gasteiger partial charge in [-0.25, -0.2) is 0 Å². The van der Waals surface area contributed by atoms with E-state index < -0.39 is 0 Å². The van der Waals surface area contributed by atoms with E-state index in [1.54, 1.807) is 11.3 Å². The lowest BCUT2D eigenvalue weighted by molar-refractivity contribution is 0.420. The van der Waals surface area contributed by atoms with Crippen molar-refractivity contribution in [2.75, 3.05) is 6.54 Å². The van der Waals surface area contributed by atoms with Crippen molar-refractivity contribution in [2.45, 2.75) is 46.1 Å². The average Bonchev–Trinajstić information content (AvgIpc) is 2.69. The van der Waals surface area contributed by atoms with E-state index in [0.717, 1.165) is 23.3 Å². The van der Waals surface area contributed by atoms with E-state index >= 15 is 0 Å². The minimum Gasteiger partial charge on any atom is -0.312 e. The summed E-state index contributed by atoms with van der Waals surface area (Å²) in [6.45, 7) is 6.63. The fourth-order valence-electron chi connectivity index (χ4n) is 1.79. The molecule has 0 saturated carbocycles. The SMILES string of the molecule is CCCCC(CC)CNCc1ccc(Cl)s1. The molecule has 1 aromatic rings. The molecule has 0 amide bonds. The van der Waals surface area contributed by atoms with Gasteiger partial charge >= 0.3 is 0 Å². The van der Waals surface area contributed by atoms with Crippen molar-refractivity contribution in [3.63, 3.8) is 0 Å². The number of hydrogen-bond donors (Lipinski definition) is 1. The van der Waals surface area contributed by atoms with Gasteiger partial charge in [-0.2, -0.15) is 0 Å². The van der Waals surface area contributed by atoms with E-state index in [0.29, 0.717) is 0 Å². The quantitative estimate of drug-likeness (QED) is 0.713. The second kappa shape index (κ2) is 8.10. The van der Waals surface area contributed by atoms with Crippen LogP contribution in [0.4, 0.5) is 0 Å². The highest BCUT2D eigenvalue weighted by molar-refractivity contribution is 7.16. The summed E-state index contributed by atoms with van der Waals surface area (Å²) in [4.78, 5) is 1.33. The highest BCUT2D eigenvalue weighted by Crippen LogP contribution is 2.21. The van der Waals surface area contributed by atoms with Crippen LogP contribution in [-0.4, -0.2) is 6.54 Å². The molecule has 92 valence electrons. The van der Waals surface area contributed by atoms with Crippen molar-refractivity contribution >= 4 is 22.9 Å². The highest BCUT2D eigenvalue weighted by atomic mass is 35.5. The molecule has 0 aromatic carbocycles. The zero-order chi connectivity index (χ0) is 11.8. The topological polar surface area (TPSA) is 12.0 Å². The van der Waals surface area contributed by atoms with Crippen molar-refractivity contribution in [2.24, 2.45) is 5.92 Å². The Morgan fingerprint density at radius 3 is 2.75 bits per heavy atom. The second-order valence-corrected chi connectivity index (χ2v) is 6.05. The van der Waals surface area contributed by atoms with E-state index in [2.05, 4.69) is 25.2 Å². The summed E-state index contributed by atoms with van der Waals surface area (Å²) >= 11 is 7.56. The average molecular weight is 260 g/mol. The lowest BCUT2D eigenvalue weighted by Crippen LogP contribution is -2.21. The Morgan fingerprint density at radius 1 is 1.38 bits per heavy atom. The Kier molecular flexibility index (Phi) is 7.10. The monoisotopic (exact) mass is 259 g/mol. The molecule has 0 aliphatic rings. The molecular formula is C13H22ClNS. The molecule has 1 atom stereocenters. The maximum atomic E-state index is 5.89. The first-order valence-electron chi connectivity index (χ1n) is 6.21. The molecule has 1 rings (SSSR count). The first-order chi connectivity index (χ1) is 7.76. The molecule has 1 heterocycles. The van der Waals surface area contributed by atoms with Crippen molar-refractivity contribution in [3.05, 3.63) is 21.3 Å². The maximum absolute atomic E-state index is 5.89. The van der Waals surface area contributed by atoms with Gasteiger partial charge in [0.25, 0.3) is 0 Å². The van der Waals surface area contributed by atoms with Crippen LogP contribution in [0.1, 0.15) is 44.4 Å². The summed E-state index contributed by atoms with van der Waals surface area (Å²) in [7, 11) is 0. The molecule has 0 fully saturated rings. The number of rotatable bonds is 8. The molecule has 0 aliphatic heterocycles. The summed E-state index contributed by atoms with van der Waals surface area (Å²) in [6.07, 6.45) is 5.28. The first kappa shape index (κ1) is 14.0. The van der Waals surface area contributed by atoms with Crippen molar-refractivity contribution in [3.8, 4) is 0 Å². The fourth-order valence-corrected chi connectivity index (χ4v) is 2.85. The summed E-state index contributed by atoms with van der Waals surface area (Å²) in [5.74, 6) is 0.829. The van der Waals surface area contributed by atoms with Gasteiger partial charge in [-0.15, -0.1) is 11.3 Å². The van der Waals surface area contributed by atoms with Crippen molar-refractivity contribution in [1.82, 2.24) is 5.32 Å². The van der Waals surface area contributed by atoms with Gasteiger partial charge in [0.1, 0.15) is 0 Å². The molecule has 0 radical (unpaired) electrons. The normalized spacial score (nSPS) is 12.9. The fraction of sp³-hybridized carbons (Fsp3) is 0.692. The third-order valence-electron chi connectivity index (χ3n) is 2.90. The van der Waals surface area contributed by atoms with E-state index in [4.69, 9.17) is 11.6 Å². The Bertz CT molecular complexity index is 285. The van der Waals surface area contributed by atoms with Gasteiger partial charge in [-0.3, -0.25) is 0 Å². The highest BCUT2D eigenvalue weighted by Gasteiger charge is 2.05. The van der Waals surface area contributed by atoms with Gasteiger partial charge in [-0.05, 0) is 31.0 Å². The van der Waals surface area contributed by atoms with Crippen molar-refractivity contribution in [1.29, 1.82) is 0 Å². The van der Waals surface area contributed by atoms with E-state index in [9.17, 15) is 0 Å². The Hall–Kier alpha value is -0.0500. The van der Waals surface area contributed by atoms with E-state index in [1.165, 1.54) is 30.6 Å². The van der Waals surface area contributed by atoms with Crippen LogP contribution in [0.2, 0.25) is 4.34 Å². The number of halogens is 1. The number of unbranched alkanes of at least 4 members (excludes halogenated alkanes) is 1. The third-order valence-corrected chi connectivity index (χ3v) is 4.14. The lowest BCUT2D eigenvalue weighted by atomic mass is 9.99. The molecule has 0 spiro atoms. The molecule has 1 nitrogen and oxygen atoms in total. The molecular weight excluding hydrogens is 238 g/mol. The summed E-state index contributed by atoms with van der Waals surface area (Å²) in [6, 6.07) is 4.07. The van der Waals surface area contributed by atoms with Crippen LogP contribution in [-0.2, 0) is 6.54 Å². The molecule has 1 N–H and O–H groups in total. The molecule has 0 saturated heterocycles. The van der Waals surface area contributed by atoms with Crippen LogP contribution in [0.15, 0.2) is 12.1 Å². The smallest absolute Gasteiger partial charge is 0.0931 e. The zero-order valence-electron chi connectivity index (χ0n) is 10.3. The van der Waals surface area contributed by atoms with Gasteiger partial charge < -0.3 is 5.32 Å². The molecule has 16 heavy (non-hydrogen) atoms. The van der Waals surface area contributed by atoms with Gasteiger partial charge in [-0.1, -0.05) is 44.7 Å². The first-order valence-corrected chi connectivity index (χ1v) is 7.40. The standard InChI is InChI=1S/C13H22ClNS/c1-3-5-6-11(4-2)9-15-10-12-7-8-13(14)16-12/h7-8,11,15H,3-6,9-10H2,1-2H3. The summed E-state index contributed by atoms with van der Waals surface area (Å²) in [5, 5.41) is 3.53. The van der Waals surface area contributed by atoms with Gasteiger partial charge in [0.05, 0.1) is 4.34 Å². The number of nitrogens with one attached hydrogen (secondary N) is 1. The molecule has 1 aromatic heterocycles. The number of hydrogen-bond acceptors (Lipinski definition) is 2. The van der Waals surface area contributed by atoms with Crippen LogP contribution in [0.25, 0.3) is 0 Å². The molecule has 3 heteroatoms. The van der Waals surface area contributed by atoms with Crippen LogP contribution in [0.5, 0.6) is 0 Å². The Morgan fingerprint density at radius 2 is 2.19 bits per heavy atom. The lowest BCUT2D eigenvalue weighted by Gasteiger charge is -2.14. The predicted molar refractivity (Wildman–Crippen MR) is 74.3 cm³/mol. The Balaban J connectivity index is 2.17. The van der Waals surface area contributed by atoms with Crippen molar-refractivity contribution < 1.29 is 0 Å². The third kappa shape index (κ3) is 5.33. The van der Waals surface area contributed by atoms with Gasteiger partial charge in [0.2, 0.25) is 0 Å². The van der Waals surface area contributed by atoms with Crippen LogP contribution in [0, 0.1) is 5.92 Å². The van der Waals surface area contributed by atoms with Crippen LogP contribution >= 0.6 is 22.9 Å². The van der Waals surface area contributed by atoms with Crippen LogP contribution < -0.4 is 5.32 Å². The summed E-state index contributed by atoms with van der Waals surface area (Å²) < 4.78 is 0.884. The molecule has 0 bridgehead atoms. The number of thiophene rings is 1. The zero-order valence-corrected chi connectivity index (χ0v) is 11.8. The predicted octanol–water partition coefficient (Wildman–Crippen LogP) is 4.71. The molecule has 0 aliphatic carbocycles. The maximum Gasteiger partial charge on any atom is 0.0931 e. The molecule has 1 unspecified atom stereocenters. The van der Waals surface area contributed by atoms with Crippen LogP contribution in [0.3, 0.4) is 0 Å². The van der Waals surface area contributed by atoms with E-state index in [1.807, 2.05) is 6.07 Å². The van der Waals surface area contributed by atoms with Gasteiger partial charge in [0, 0.05) is 11.4 Å². The second-order valence-electron chi connectivity index (χ2n) is 4.25. The van der Waals surface area contributed by atoms with E-state index in [-0.39, 0.29) is 0 Å². The Labute approximate surface area is 108 Å². The largest absolute Gasteiger partial charge is 0.312 e. The minimum atomic E-state index is 0.829. The minimum absolute atomic E-state index is 0.829.